The Morgan fingerprint density at radius 3 is 2.67 bits per heavy atom. The molecule has 2 saturated heterocycles. The third kappa shape index (κ3) is 3.77. The largest absolute Gasteiger partial charge is 0.342 e. The van der Waals surface area contributed by atoms with Gasteiger partial charge in [-0.2, -0.15) is 0 Å². The molecule has 1 spiro atoms. The number of hydrogen-bond acceptors (Lipinski definition) is 4. The van der Waals surface area contributed by atoms with Gasteiger partial charge in [0.2, 0.25) is 5.91 Å². The summed E-state index contributed by atoms with van der Waals surface area (Å²) in [7, 11) is 0. The summed E-state index contributed by atoms with van der Waals surface area (Å²) in [5.41, 5.74) is -0.595. The van der Waals surface area contributed by atoms with E-state index in [1.54, 1.807) is 4.90 Å². The number of nitrogens with zero attached hydrogens (tertiary/aromatic N) is 3. The number of carbonyl (C=O) groups is 2. The Balaban J connectivity index is 1.79. The Kier molecular flexibility index (Phi) is 5.97. The fourth-order valence-corrected chi connectivity index (χ4v) is 4.64. The molecule has 1 aromatic heterocycles. The zero-order chi connectivity index (χ0) is 19.4. The number of piperidine rings is 2. The van der Waals surface area contributed by atoms with Crippen molar-refractivity contribution in [2.75, 3.05) is 19.6 Å². The highest BCUT2D eigenvalue weighted by molar-refractivity contribution is 5.93. The zero-order valence-corrected chi connectivity index (χ0v) is 16.4. The summed E-state index contributed by atoms with van der Waals surface area (Å²) in [5.74, 6) is -0.00184. The van der Waals surface area contributed by atoms with Gasteiger partial charge in [0.1, 0.15) is 5.69 Å². The van der Waals surface area contributed by atoms with Crippen molar-refractivity contribution < 1.29 is 9.59 Å². The van der Waals surface area contributed by atoms with E-state index in [2.05, 4.69) is 16.9 Å². The maximum Gasteiger partial charge on any atom is 0.274 e. The van der Waals surface area contributed by atoms with E-state index in [0.717, 1.165) is 64.2 Å². The number of hydrogen-bond donors (Lipinski definition) is 1. The molecule has 2 aliphatic heterocycles. The van der Waals surface area contributed by atoms with Crippen molar-refractivity contribution in [1.29, 1.82) is 0 Å². The van der Waals surface area contributed by atoms with Crippen LogP contribution >= 0.6 is 0 Å². The minimum Gasteiger partial charge on any atom is -0.342 e. The number of H-pyrrole nitrogens is 1. The van der Waals surface area contributed by atoms with Crippen LogP contribution in [0.2, 0.25) is 0 Å². The molecule has 3 heterocycles. The molecule has 0 bridgehead atoms. The molecule has 0 aromatic carbocycles. The number of amides is 2. The van der Waals surface area contributed by atoms with Gasteiger partial charge in [-0.15, -0.1) is 0 Å². The van der Waals surface area contributed by atoms with Gasteiger partial charge >= 0.3 is 0 Å². The van der Waals surface area contributed by atoms with Crippen LogP contribution in [0, 0.1) is 5.41 Å². The van der Waals surface area contributed by atoms with Crippen LogP contribution in [0.25, 0.3) is 0 Å². The number of likely N-dealkylation sites (tertiary alicyclic amines) is 2. The van der Waals surface area contributed by atoms with E-state index in [4.69, 9.17) is 0 Å². The first kappa shape index (κ1) is 19.6. The molecular formula is C20H30N4O3. The summed E-state index contributed by atoms with van der Waals surface area (Å²) in [4.78, 5) is 47.8. The van der Waals surface area contributed by atoms with Gasteiger partial charge in [-0.25, -0.2) is 4.98 Å². The summed E-state index contributed by atoms with van der Waals surface area (Å²) < 4.78 is 0. The molecule has 2 atom stereocenters. The predicted molar refractivity (Wildman–Crippen MR) is 102 cm³/mol. The van der Waals surface area contributed by atoms with Crippen molar-refractivity contribution in [2.45, 2.75) is 64.8 Å². The highest BCUT2D eigenvalue weighted by atomic mass is 16.2. The van der Waals surface area contributed by atoms with Gasteiger partial charge in [-0.1, -0.05) is 19.8 Å². The monoisotopic (exact) mass is 374 g/mol. The highest BCUT2D eigenvalue weighted by Gasteiger charge is 2.52. The average Bonchev–Trinajstić information content (AvgIpc) is 2.67. The number of aromatic amines is 1. The van der Waals surface area contributed by atoms with E-state index in [1.807, 2.05) is 11.8 Å². The standard InChI is InChI=1S/C20H30N4O3/c1-3-4-5-10-23-11-6-8-20(19(23)27)9-7-12-24(15(20)2)18(26)16-13-22-17(25)14-21-16/h13-15H,3-12H2,1-2H3,(H,22,25)/t15-,20+/m1/s1. The molecule has 27 heavy (non-hydrogen) atoms. The molecule has 1 N–H and O–H groups in total. The molecule has 7 heteroatoms. The van der Waals surface area contributed by atoms with Crippen LogP contribution in [0.15, 0.2) is 17.2 Å². The van der Waals surface area contributed by atoms with Crippen molar-refractivity contribution in [3.05, 3.63) is 28.4 Å². The quantitative estimate of drug-likeness (QED) is 0.801. The summed E-state index contributed by atoms with van der Waals surface area (Å²) >= 11 is 0. The van der Waals surface area contributed by atoms with Gasteiger partial charge in [0.15, 0.2) is 0 Å². The first-order valence-corrected chi connectivity index (χ1v) is 10.1. The van der Waals surface area contributed by atoms with Crippen LogP contribution < -0.4 is 5.56 Å². The van der Waals surface area contributed by atoms with E-state index in [0.29, 0.717) is 6.54 Å². The molecule has 2 amide bonds. The Bertz CT molecular complexity index is 722. The molecule has 3 rings (SSSR count). The number of unbranched alkanes of at least 4 members (excludes halogenated alkanes) is 2. The van der Waals surface area contributed by atoms with E-state index in [1.165, 1.54) is 6.20 Å². The van der Waals surface area contributed by atoms with Gasteiger partial charge in [-0.05, 0) is 39.0 Å². The van der Waals surface area contributed by atoms with Crippen LogP contribution in [0.4, 0.5) is 0 Å². The third-order valence-electron chi connectivity index (χ3n) is 6.24. The average molecular weight is 374 g/mol. The maximum atomic E-state index is 13.4. The van der Waals surface area contributed by atoms with Gasteiger partial charge in [0, 0.05) is 31.9 Å². The minimum absolute atomic E-state index is 0.172. The van der Waals surface area contributed by atoms with Crippen molar-refractivity contribution in [1.82, 2.24) is 19.8 Å². The van der Waals surface area contributed by atoms with Gasteiger partial charge in [0.25, 0.3) is 11.5 Å². The van der Waals surface area contributed by atoms with Gasteiger partial charge in [0.05, 0.1) is 11.6 Å². The van der Waals surface area contributed by atoms with Crippen LogP contribution in [0.1, 0.15) is 69.3 Å². The predicted octanol–water partition coefficient (Wildman–Crippen LogP) is 2.19. The normalized spacial score (nSPS) is 25.9. The second-order valence-corrected chi connectivity index (χ2v) is 7.83. The SMILES string of the molecule is CCCCCN1CCC[C@@]2(CCCN(C(=O)c3c[nH]c(=O)cn3)[C@@H]2C)C1=O. The van der Waals surface area contributed by atoms with Crippen LogP contribution in [0.5, 0.6) is 0 Å². The fourth-order valence-electron chi connectivity index (χ4n) is 4.64. The van der Waals surface area contributed by atoms with Crippen molar-refractivity contribution >= 4 is 11.8 Å². The van der Waals surface area contributed by atoms with E-state index in [9.17, 15) is 14.4 Å². The first-order valence-electron chi connectivity index (χ1n) is 10.1. The topological polar surface area (TPSA) is 86.4 Å². The molecule has 148 valence electrons. The summed E-state index contributed by atoms with van der Waals surface area (Å²) in [6.45, 7) is 6.42. The van der Waals surface area contributed by atoms with Crippen LogP contribution in [-0.4, -0.2) is 57.3 Å². The Hall–Kier alpha value is -2.18. The van der Waals surface area contributed by atoms with Crippen molar-refractivity contribution in [3.8, 4) is 0 Å². The van der Waals surface area contributed by atoms with E-state index < -0.39 is 5.41 Å². The molecule has 0 radical (unpaired) electrons. The Morgan fingerprint density at radius 1 is 1.26 bits per heavy atom. The van der Waals surface area contributed by atoms with Crippen molar-refractivity contribution in [2.24, 2.45) is 5.41 Å². The number of carbonyl (C=O) groups excluding carboxylic acids is 2. The number of rotatable bonds is 5. The molecule has 7 nitrogen and oxygen atoms in total. The third-order valence-corrected chi connectivity index (χ3v) is 6.24. The van der Waals surface area contributed by atoms with Crippen LogP contribution in [0.3, 0.4) is 0 Å². The number of nitrogens with one attached hydrogen (secondary N) is 1. The minimum atomic E-state index is -0.486. The number of aromatic nitrogens is 2. The second kappa shape index (κ2) is 8.23. The molecular weight excluding hydrogens is 344 g/mol. The van der Waals surface area contributed by atoms with E-state index in [-0.39, 0.29) is 29.1 Å². The fraction of sp³-hybridized carbons (Fsp3) is 0.700. The maximum absolute atomic E-state index is 13.4. The second-order valence-electron chi connectivity index (χ2n) is 7.83. The van der Waals surface area contributed by atoms with E-state index >= 15 is 0 Å². The molecule has 1 aromatic rings. The zero-order valence-electron chi connectivity index (χ0n) is 16.4. The first-order chi connectivity index (χ1) is 13.0. The molecule has 2 fully saturated rings. The molecule has 0 saturated carbocycles. The van der Waals surface area contributed by atoms with Gasteiger partial charge < -0.3 is 14.8 Å². The summed E-state index contributed by atoms with van der Waals surface area (Å²) in [6, 6.07) is -0.172. The lowest BCUT2D eigenvalue weighted by Gasteiger charge is -2.51. The van der Waals surface area contributed by atoms with Crippen LogP contribution in [-0.2, 0) is 4.79 Å². The lowest BCUT2D eigenvalue weighted by atomic mass is 9.67. The summed E-state index contributed by atoms with van der Waals surface area (Å²) in [6.07, 6.45) is 9.26. The highest BCUT2D eigenvalue weighted by Crippen LogP contribution is 2.44. The lowest BCUT2D eigenvalue weighted by Crippen LogP contribution is -2.61. The molecule has 0 aliphatic carbocycles. The summed E-state index contributed by atoms with van der Waals surface area (Å²) in [5, 5.41) is 0. The lowest BCUT2D eigenvalue weighted by molar-refractivity contribution is -0.153. The van der Waals surface area contributed by atoms with Gasteiger partial charge in [-0.3, -0.25) is 14.4 Å². The Labute approximate surface area is 160 Å². The van der Waals surface area contributed by atoms with Crippen molar-refractivity contribution in [3.63, 3.8) is 0 Å². The molecule has 0 unspecified atom stereocenters. The Morgan fingerprint density at radius 2 is 2.00 bits per heavy atom. The molecule has 2 aliphatic rings. The smallest absolute Gasteiger partial charge is 0.274 e.